The zero-order chi connectivity index (χ0) is 15.4. The first kappa shape index (κ1) is 17.1. The van der Waals surface area contributed by atoms with E-state index < -0.39 is 0 Å². The lowest BCUT2D eigenvalue weighted by Crippen LogP contribution is -2.43. The molecule has 1 aromatic carbocycles. The minimum Gasteiger partial charge on any atom is -0.313 e. The third-order valence-corrected chi connectivity index (χ3v) is 5.75. The maximum atomic E-state index is 6.35. The molecule has 0 bridgehead atoms. The molecule has 2 nitrogen and oxygen atoms in total. The first-order valence-corrected chi connectivity index (χ1v) is 8.65. The summed E-state index contributed by atoms with van der Waals surface area (Å²) in [6.45, 7) is 7.02. The molecular weight excluding hydrogens is 303 g/mol. The Morgan fingerprint density at radius 3 is 2.81 bits per heavy atom. The molecule has 4 heteroatoms. The van der Waals surface area contributed by atoms with Crippen molar-refractivity contribution in [3.05, 3.63) is 33.8 Å². The summed E-state index contributed by atoms with van der Waals surface area (Å²) >= 11 is 12.5. The van der Waals surface area contributed by atoms with Gasteiger partial charge in [0.1, 0.15) is 0 Å². The molecule has 0 spiro atoms. The van der Waals surface area contributed by atoms with Crippen molar-refractivity contribution in [2.24, 2.45) is 5.92 Å². The summed E-state index contributed by atoms with van der Waals surface area (Å²) in [7, 11) is 1.99. The second-order valence-corrected chi connectivity index (χ2v) is 6.95. The SMILES string of the molecule is CNC(CCN1CCCC(C)C1C)c1cccc(Cl)c1Cl. The molecule has 3 unspecified atom stereocenters. The molecule has 118 valence electrons. The molecule has 1 saturated heterocycles. The van der Waals surface area contributed by atoms with Crippen molar-refractivity contribution in [2.45, 2.75) is 45.2 Å². The van der Waals surface area contributed by atoms with Gasteiger partial charge < -0.3 is 10.2 Å². The number of rotatable bonds is 5. The molecule has 1 N–H and O–H groups in total. The Morgan fingerprint density at radius 1 is 1.33 bits per heavy atom. The molecule has 0 aliphatic carbocycles. The molecule has 21 heavy (non-hydrogen) atoms. The summed E-state index contributed by atoms with van der Waals surface area (Å²) in [5, 5.41) is 4.70. The molecule has 2 rings (SSSR count). The number of likely N-dealkylation sites (tertiary alicyclic amines) is 1. The topological polar surface area (TPSA) is 15.3 Å². The van der Waals surface area contributed by atoms with Gasteiger partial charge in [0, 0.05) is 18.6 Å². The van der Waals surface area contributed by atoms with Gasteiger partial charge in [0.05, 0.1) is 10.0 Å². The predicted molar refractivity (Wildman–Crippen MR) is 92.3 cm³/mol. The molecule has 1 aliphatic heterocycles. The van der Waals surface area contributed by atoms with Gasteiger partial charge in [0.25, 0.3) is 0 Å². The maximum absolute atomic E-state index is 6.35. The van der Waals surface area contributed by atoms with Crippen molar-refractivity contribution in [1.82, 2.24) is 10.2 Å². The van der Waals surface area contributed by atoms with E-state index in [1.54, 1.807) is 0 Å². The van der Waals surface area contributed by atoms with Crippen LogP contribution < -0.4 is 5.32 Å². The molecule has 0 aromatic heterocycles. The summed E-state index contributed by atoms with van der Waals surface area (Å²) in [5.41, 5.74) is 1.10. The summed E-state index contributed by atoms with van der Waals surface area (Å²) in [6, 6.07) is 6.80. The van der Waals surface area contributed by atoms with Crippen LogP contribution in [0.15, 0.2) is 18.2 Å². The number of nitrogens with one attached hydrogen (secondary N) is 1. The van der Waals surface area contributed by atoms with Gasteiger partial charge in [-0.25, -0.2) is 0 Å². The molecule has 1 aromatic rings. The fourth-order valence-electron chi connectivity index (χ4n) is 3.28. The number of benzene rings is 1. The van der Waals surface area contributed by atoms with Gasteiger partial charge in [-0.05, 0) is 57.3 Å². The molecule has 3 atom stereocenters. The van der Waals surface area contributed by atoms with Gasteiger partial charge in [0.2, 0.25) is 0 Å². The van der Waals surface area contributed by atoms with Gasteiger partial charge in [-0.1, -0.05) is 42.3 Å². The Labute approximate surface area is 138 Å². The third kappa shape index (κ3) is 4.13. The van der Waals surface area contributed by atoms with Crippen LogP contribution in [0.25, 0.3) is 0 Å². The van der Waals surface area contributed by atoms with E-state index in [0.717, 1.165) is 24.4 Å². The average Bonchev–Trinajstić information content (AvgIpc) is 2.48. The van der Waals surface area contributed by atoms with E-state index in [4.69, 9.17) is 23.2 Å². The van der Waals surface area contributed by atoms with E-state index in [-0.39, 0.29) is 6.04 Å². The Balaban J connectivity index is 2.01. The standard InChI is InChI=1S/C17H26Cl2N2/c1-12-6-5-10-21(13(12)2)11-9-16(20-3)14-7-4-8-15(18)17(14)19/h4,7-8,12-13,16,20H,5-6,9-11H2,1-3H3. The van der Waals surface area contributed by atoms with Crippen LogP contribution in [0.4, 0.5) is 0 Å². The van der Waals surface area contributed by atoms with Crippen molar-refractivity contribution in [1.29, 1.82) is 0 Å². The fraction of sp³-hybridized carbons (Fsp3) is 0.647. The normalized spacial score (nSPS) is 25.0. The lowest BCUT2D eigenvalue weighted by atomic mass is 9.91. The Morgan fingerprint density at radius 2 is 2.10 bits per heavy atom. The largest absolute Gasteiger partial charge is 0.313 e. The van der Waals surface area contributed by atoms with Crippen LogP contribution >= 0.6 is 23.2 Å². The maximum Gasteiger partial charge on any atom is 0.0640 e. The number of hydrogen-bond acceptors (Lipinski definition) is 2. The van der Waals surface area contributed by atoms with Crippen molar-refractivity contribution >= 4 is 23.2 Å². The molecule has 1 fully saturated rings. The highest BCUT2D eigenvalue weighted by Gasteiger charge is 2.25. The van der Waals surface area contributed by atoms with Crippen LogP contribution in [0.5, 0.6) is 0 Å². The highest BCUT2D eigenvalue weighted by molar-refractivity contribution is 6.42. The van der Waals surface area contributed by atoms with Crippen molar-refractivity contribution in [3.8, 4) is 0 Å². The number of hydrogen-bond donors (Lipinski definition) is 1. The lowest BCUT2D eigenvalue weighted by molar-refractivity contribution is 0.109. The van der Waals surface area contributed by atoms with Crippen LogP contribution in [0.1, 0.15) is 44.7 Å². The molecule has 0 radical (unpaired) electrons. The Bertz CT molecular complexity index is 464. The van der Waals surface area contributed by atoms with Crippen LogP contribution in [-0.2, 0) is 0 Å². The summed E-state index contributed by atoms with van der Waals surface area (Å²) in [4.78, 5) is 2.61. The highest BCUT2D eigenvalue weighted by Crippen LogP contribution is 2.32. The smallest absolute Gasteiger partial charge is 0.0640 e. The number of piperidine rings is 1. The Kier molecular flexibility index (Phi) is 6.36. The third-order valence-electron chi connectivity index (χ3n) is 4.91. The van der Waals surface area contributed by atoms with Gasteiger partial charge in [-0.2, -0.15) is 0 Å². The molecule has 0 saturated carbocycles. The van der Waals surface area contributed by atoms with Crippen LogP contribution in [0.2, 0.25) is 10.0 Å². The van der Waals surface area contributed by atoms with Crippen LogP contribution in [0, 0.1) is 5.92 Å². The molecule has 1 heterocycles. The first-order chi connectivity index (χ1) is 10.0. The van der Waals surface area contributed by atoms with E-state index in [2.05, 4.69) is 30.1 Å². The molecule has 0 amide bonds. The molecular formula is C17H26Cl2N2. The van der Waals surface area contributed by atoms with Gasteiger partial charge >= 0.3 is 0 Å². The van der Waals surface area contributed by atoms with E-state index in [1.807, 2.05) is 19.2 Å². The first-order valence-electron chi connectivity index (χ1n) is 7.89. The van der Waals surface area contributed by atoms with E-state index >= 15 is 0 Å². The van der Waals surface area contributed by atoms with Crippen LogP contribution in [0.3, 0.4) is 0 Å². The zero-order valence-electron chi connectivity index (χ0n) is 13.2. The monoisotopic (exact) mass is 328 g/mol. The van der Waals surface area contributed by atoms with Crippen molar-refractivity contribution < 1.29 is 0 Å². The minimum absolute atomic E-state index is 0.251. The fourth-order valence-corrected chi connectivity index (χ4v) is 3.72. The second-order valence-electron chi connectivity index (χ2n) is 6.17. The summed E-state index contributed by atoms with van der Waals surface area (Å²) in [6.07, 6.45) is 3.72. The number of nitrogens with zero attached hydrogens (tertiary/aromatic N) is 1. The minimum atomic E-state index is 0.251. The van der Waals surface area contributed by atoms with Crippen molar-refractivity contribution in [3.63, 3.8) is 0 Å². The van der Waals surface area contributed by atoms with Gasteiger partial charge in [0.15, 0.2) is 0 Å². The Hall–Kier alpha value is -0.280. The van der Waals surface area contributed by atoms with Crippen molar-refractivity contribution in [2.75, 3.05) is 20.1 Å². The lowest BCUT2D eigenvalue weighted by Gasteiger charge is -2.38. The zero-order valence-corrected chi connectivity index (χ0v) is 14.7. The number of halogens is 2. The van der Waals surface area contributed by atoms with E-state index in [9.17, 15) is 0 Å². The van der Waals surface area contributed by atoms with Gasteiger partial charge in [-0.3, -0.25) is 0 Å². The molecule has 1 aliphatic rings. The van der Waals surface area contributed by atoms with Gasteiger partial charge in [-0.15, -0.1) is 0 Å². The van der Waals surface area contributed by atoms with Crippen LogP contribution in [-0.4, -0.2) is 31.1 Å². The highest BCUT2D eigenvalue weighted by atomic mass is 35.5. The second kappa shape index (κ2) is 7.82. The average molecular weight is 329 g/mol. The summed E-state index contributed by atoms with van der Waals surface area (Å²) in [5.74, 6) is 0.793. The summed E-state index contributed by atoms with van der Waals surface area (Å²) < 4.78 is 0. The van der Waals surface area contributed by atoms with E-state index in [0.29, 0.717) is 16.1 Å². The predicted octanol–water partition coefficient (Wildman–Crippen LogP) is 4.76. The quantitative estimate of drug-likeness (QED) is 0.837. The van der Waals surface area contributed by atoms with E-state index in [1.165, 1.54) is 19.4 Å².